The van der Waals surface area contributed by atoms with Gasteiger partial charge in [0, 0.05) is 29.5 Å². The summed E-state index contributed by atoms with van der Waals surface area (Å²) in [4.78, 5) is 30.1. The predicted molar refractivity (Wildman–Crippen MR) is 120 cm³/mol. The Morgan fingerprint density at radius 1 is 1.12 bits per heavy atom. The molecule has 3 heterocycles. The molecule has 32 heavy (non-hydrogen) atoms. The summed E-state index contributed by atoms with van der Waals surface area (Å²) in [6.45, 7) is 1.87. The predicted octanol–water partition coefficient (Wildman–Crippen LogP) is 3.42. The Hall–Kier alpha value is -4.01. The van der Waals surface area contributed by atoms with E-state index in [4.69, 9.17) is 4.74 Å². The number of nitrogens with one attached hydrogen (secondary N) is 2. The molecule has 0 spiro atoms. The SMILES string of the molecule is COc1cccc(Nc2ncnc3c2ncn3C2CC(NC(=O)c3cccc(C)n3)C2)c1. The van der Waals surface area contributed by atoms with Crippen molar-refractivity contribution >= 4 is 28.6 Å². The number of carbonyl (C=O) groups is 1. The number of carbonyl (C=O) groups excluding carboxylic acids is 1. The average molecular weight is 429 g/mol. The van der Waals surface area contributed by atoms with Crippen molar-refractivity contribution in [3.63, 3.8) is 0 Å². The van der Waals surface area contributed by atoms with Gasteiger partial charge in [0.25, 0.3) is 5.91 Å². The molecule has 1 aliphatic rings. The lowest BCUT2D eigenvalue weighted by Crippen LogP contribution is -2.45. The minimum absolute atomic E-state index is 0.100. The smallest absolute Gasteiger partial charge is 0.270 e. The minimum atomic E-state index is -0.139. The Kier molecular flexibility index (Phi) is 5.14. The average Bonchev–Trinajstić information content (AvgIpc) is 3.20. The molecule has 162 valence electrons. The lowest BCUT2D eigenvalue weighted by atomic mass is 9.86. The highest BCUT2D eigenvalue weighted by atomic mass is 16.5. The summed E-state index contributed by atoms with van der Waals surface area (Å²) in [6.07, 6.45) is 4.95. The van der Waals surface area contributed by atoms with E-state index in [1.165, 1.54) is 6.33 Å². The maximum Gasteiger partial charge on any atom is 0.270 e. The summed E-state index contributed by atoms with van der Waals surface area (Å²) in [6, 6.07) is 13.4. The number of rotatable bonds is 6. The van der Waals surface area contributed by atoms with Gasteiger partial charge in [0.15, 0.2) is 17.0 Å². The monoisotopic (exact) mass is 429 g/mol. The zero-order valence-electron chi connectivity index (χ0n) is 17.8. The molecule has 1 amide bonds. The molecule has 2 N–H and O–H groups in total. The molecular weight excluding hydrogens is 406 g/mol. The van der Waals surface area contributed by atoms with E-state index in [0.717, 1.165) is 35.6 Å². The Bertz CT molecular complexity index is 1280. The Morgan fingerprint density at radius 2 is 1.97 bits per heavy atom. The van der Waals surface area contributed by atoms with Crippen LogP contribution in [-0.2, 0) is 0 Å². The van der Waals surface area contributed by atoms with Crippen molar-refractivity contribution in [1.29, 1.82) is 0 Å². The molecule has 0 aliphatic heterocycles. The van der Waals surface area contributed by atoms with E-state index in [1.807, 2.05) is 43.3 Å². The highest BCUT2D eigenvalue weighted by Gasteiger charge is 2.33. The number of imidazole rings is 1. The van der Waals surface area contributed by atoms with Crippen LogP contribution in [0.5, 0.6) is 5.75 Å². The Labute approximate surface area is 184 Å². The van der Waals surface area contributed by atoms with Crippen molar-refractivity contribution in [2.45, 2.75) is 31.8 Å². The number of nitrogens with zero attached hydrogens (tertiary/aromatic N) is 5. The van der Waals surface area contributed by atoms with Gasteiger partial charge in [-0.2, -0.15) is 0 Å². The molecule has 0 bridgehead atoms. The van der Waals surface area contributed by atoms with Crippen molar-refractivity contribution < 1.29 is 9.53 Å². The zero-order valence-corrected chi connectivity index (χ0v) is 17.8. The summed E-state index contributed by atoms with van der Waals surface area (Å²) >= 11 is 0. The molecule has 9 heteroatoms. The van der Waals surface area contributed by atoms with Crippen LogP contribution in [0.25, 0.3) is 11.2 Å². The number of benzene rings is 1. The summed E-state index contributed by atoms with van der Waals surface area (Å²) in [5, 5.41) is 6.36. The second-order valence-electron chi connectivity index (χ2n) is 7.86. The van der Waals surface area contributed by atoms with Gasteiger partial charge in [-0.25, -0.2) is 19.9 Å². The summed E-state index contributed by atoms with van der Waals surface area (Å²) in [5.74, 6) is 1.26. The van der Waals surface area contributed by atoms with Gasteiger partial charge in [-0.3, -0.25) is 4.79 Å². The van der Waals surface area contributed by atoms with Gasteiger partial charge in [0.05, 0.1) is 13.4 Å². The molecule has 1 aromatic carbocycles. The lowest BCUT2D eigenvalue weighted by molar-refractivity contribution is 0.0889. The van der Waals surface area contributed by atoms with E-state index in [1.54, 1.807) is 19.5 Å². The van der Waals surface area contributed by atoms with Gasteiger partial charge < -0.3 is 19.9 Å². The number of amides is 1. The number of ether oxygens (including phenoxy) is 1. The van der Waals surface area contributed by atoms with Crippen molar-refractivity contribution in [2.24, 2.45) is 0 Å². The Balaban J connectivity index is 1.28. The summed E-state index contributed by atoms with van der Waals surface area (Å²) < 4.78 is 7.34. The molecule has 1 aliphatic carbocycles. The van der Waals surface area contributed by atoms with E-state index in [-0.39, 0.29) is 18.0 Å². The van der Waals surface area contributed by atoms with Crippen LogP contribution in [0.2, 0.25) is 0 Å². The first-order valence-electron chi connectivity index (χ1n) is 10.4. The molecule has 0 saturated heterocycles. The van der Waals surface area contributed by atoms with Gasteiger partial charge >= 0.3 is 0 Å². The van der Waals surface area contributed by atoms with E-state index in [9.17, 15) is 4.79 Å². The molecule has 9 nitrogen and oxygen atoms in total. The summed E-state index contributed by atoms with van der Waals surface area (Å²) in [7, 11) is 1.63. The first-order chi connectivity index (χ1) is 15.6. The molecular formula is C23H23N7O2. The third-order valence-corrected chi connectivity index (χ3v) is 5.65. The van der Waals surface area contributed by atoms with Crippen LogP contribution in [-0.4, -0.2) is 43.6 Å². The normalized spacial score (nSPS) is 17.6. The van der Waals surface area contributed by atoms with Crippen LogP contribution in [0.3, 0.4) is 0 Å². The van der Waals surface area contributed by atoms with Crippen LogP contribution in [0.15, 0.2) is 55.1 Å². The fourth-order valence-corrected chi connectivity index (χ4v) is 3.91. The second-order valence-corrected chi connectivity index (χ2v) is 7.86. The van der Waals surface area contributed by atoms with Crippen LogP contribution in [0.1, 0.15) is 35.1 Å². The topological polar surface area (TPSA) is 107 Å². The van der Waals surface area contributed by atoms with E-state index < -0.39 is 0 Å². The molecule has 0 atom stereocenters. The number of aryl methyl sites for hydroxylation is 1. The number of hydrogen-bond donors (Lipinski definition) is 2. The fraction of sp³-hybridized carbons (Fsp3) is 0.261. The molecule has 4 aromatic rings. The number of fused-ring (bicyclic) bond motifs is 1. The number of anilines is 2. The van der Waals surface area contributed by atoms with Crippen LogP contribution < -0.4 is 15.4 Å². The minimum Gasteiger partial charge on any atom is -0.497 e. The lowest BCUT2D eigenvalue weighted by Gasteiger charge is -2.36. The van der Waals surface area contributed by atoms with E-state index in [2.05, 4.69) is 35.1 Å². The number of aromatic nitrogens is 5. The van der Waals surface area contributed by atoms with Gasteiger partial charge in [-0.1, -0.05) is 12.1 Å². The highest BCUT2D eigenvalue weighted by Crippen LogP contribution is 2.35. The molecule has 1 fully saturated rings. The maximum atomic E-state index is 12.4. The van der Waals surface area contributed by atoms with E-state index >= 15 is 0 Å². The van der Waals surface area contributed by atoms with Crippen molar-refractivity contribution in [3.05, 3.63) is 66.5 Å². The Morgan fingerprint density at radius 3 is 2.78 bits per heavy atom. The van der Waals surface area contributed by atoms with Crippen LogP contribution in [0.4, 0.5) is 11.5 Å². The first-order valence-corrected chi connectivity index (χ1v) is 10.4. The second kappa shape index (κ2) is 8.26. The number of pyridine rings is 1. The first kappa shape index (κ1) is 19.9. The third kappa shape index (κ3) is 3.84. The third-order valence-electron chi connectivity index (χ3n) is 5.65. The fourth-order valence-electron chi connectivity index (χ4n) is 3.91. The largest absolute Gasteiger partial charge is 0.497 e. The van der Waals surface area contributed by atoms with Crippen molar-refractivity contribution in [2.75, 3.05) is 12.4 Å². The molecule has 5 rings (SSSR count). The summed E-state index contributed by atoms with van der Waals surface area (Å²) in [5.41, 5.74) is 3.59. The van der Waals surface area contributed by atoms with Crippen molar-refractivity contribution in [1.82, 2.24) is 29.8 Å². The molecule has 1 saturated carbocycles. The van der Waals surface area contributed by atoms with Gasteiger partial charge in [-0.05, 0) is 44.0 Å². The van der Waals surface area contributed by atoms with Crippen molar-refractivity contribution in [3.8, 4) is 5.75 Å². The van der Waals surface area contributed by atoms with Crippen LogP contribution in [0, 0.1) is 6.92 Å². The number of methoxy groups -OCH3 is 1. The standard InChI is InChI=1S/C23H23N7O2/c1-14-5-3-8-19(27-14)23(31)29-16-9-17(10-16)30-13-26-20-21(24-12-25-22(20)30)28-15-6-4-7-18(11-15)32-2/h3-8,11-13,16-17H,9-10H2,1-2H3,(H,29,31)(H,24,25,28). The van der Waals surface area contributed by atoms with Gasteiger partial charge in [-0.15, -0.1) is 0 Å². The molecule has 3 aromatic heterocycles. The number of hydrogen-bond acceptors (Lipinski definition) is 7. The zero-order chi connectivity index (χ0) is 22.1. The highest BCUT2D eigenvalue weighted by molar-refractivity contribution is 5.92. The van der Waals surface area contributed by atoms with Gasteiger partial charge in [0.2, 0.25) is 0 Å². The van der Waals surface area contributed by atoms with Crippen LogP contribution >= 0.6 is 0 Å². The quantitative estimate of drug-likeness (QED) is 0.484. The van der Waals surface area contributed by atoms with Gasteiger partial charge in [0.1, 0.15) is 17.8 Å². The molecule has 0 radical (unpaired) electrons. The maximum absolute atomic E-state index is 12.4. The van der Waals surface area contributed by atoms with E-state index in [0.29, 0.717) is 17.0 Å². The molecule has 0 unspecified atom stereocenters.